The SMILES string of the molecule is O=C(OCCOCCO[N+](=O)[O-])N1CCC(c2ccc(OCCOc3c(F)cc(F)cc3F)cc2)=C(C(=O)N(Cc2cc3c(cc2Cl)OCO3)C2CC2)C1. The van der Waals surface area contributed by atoms with E-state index in [4.69, 9.17) is 40.0 Å². The fraction of sp³-hybridized carbons (Fsp3) is 0.389. The Morgan fingerprint density at radius 3 is 2.31 bits per heavy atom. The summed E-state index contributed by atoms with van der Waals surface area (Å²) in [6, 6.07) is 11.3. The molecule has 2 heterocycles. The van der Waals surface area contributed by atoms with Crippen LogP contribution in [-0.4, -0.2) is 92.5 Å². The number of ether oxygens (including phenoxy) is 6. The molecule has 14 nitrogen and oxygen atoms in total. The summed E-state index contributed by atoms with van der Waals surface area (Å²) in [5.41, 5.74) is 2.50. The van der Waals surface area contributed by atoms with Gasteiger partial charge in [0.05, 0.1) is 19.8 Å². The highest BCUT2D eigenvalue weighted by Gasteiger charge is 2.38. The first-order chi connectivity index (χ1) is 26.1. The Morgan fingerprint density at radius 2 is 1.61 bits per heavy atom. The van der Waals surface area contributed by atoms with Crippen molar-refractivity contribution in [1.29, 1.82) is 0 Å². The molecule has 18 heteroatoms. The van der Waals surface area contributed by atoms with Gasteiger partial charge >= 0.3 is 6.09 Å². The van der Waals surface area contributed by atoms with E-state index in [-0.39, 0.29) is 78.0 Å². The lowest BCUT2D eigenvalue weighted by Crippen LogP contribution is -2.43. The van der Waals surface area contributed by atoms with Crippen molar-refractivity contribution in [1.82, 2.24) is 9.80 Å². The van der Waals surface area contributed by atoms with Gasteiger partial charge in [-0.2, -0.15) is 0 Å². The van der Waals surface area contributed by atoms with Crippen LogP contribution < -0.4 is 18.9 Å². The zero-order chi connectivity index (χ0) is 38.2. The van der Waals surface area contributed by atoms with E-state index in [1.54, 1.807) is 41.3 Å². The molecule has 0 N–H and O–H groups in total. The molecule has 2 amide bonds. The van der Waals surface area contributed by atoms with Gasteiger partial charge < -0.3 is 43.1 Å². The maximum Gasteiger partial charge on any atom is 0.410 e. The van der Waals surface area contributed by atoms with Crippen molar-refractivity contribution in [3.63, 3.8) is 0 Å². The van der Waals surface area contributed by atoms with Gasteiger partial charge in [-0.25, -0.2) is 18.0 Å². The number of rotatable bonds is 17. The summed E-state index contributed by atoms with van der Waals surface area (Å²) in [5, 5.41) is 9.76. The van der Waals surface area contributed by atoms with Gasteiger partial charge in [0.2, 0.25) is 6.79 Å². The molecule has 288 valence electrons. The molecule has 3 aliphatic rings. The number of benzene rings is 3. The van der Waals surface area contributed by atoms with Gasteiger partial charge in [0.15, 0.2) is 28.9 Å². The second-order valence-electron chi connectivity index (χ2n) is 12.3. The van der Waals surface area contributed by atoms with E-state index in [0.717, 1.165) is 18.4 Å². The lowest BCUT2D eigenvalue weighted by molar-refractivity contribution is -0.758. The van der Waals surface area contributed by atoms with E-state index in [2.05, 4.69) is 4.84 Å². The summed E-state index contributed by atoms with van der Waals surface area (Å²) < 4.78 is 73.3. The number of fused-ring (bicyclic) bond motifs is 1. The highest BCUT2D eigenvalue weighted by atomic mass is 35.5. The molecule has 0 spiro atoms. The second kappa shape index (κ2) is 17.6. The number of nitrogens with zero attached hydrogens (tertiary/aromatic N) is 3. The second-order valence-corrected chi connectivity index (χ2v) is 12.7. The molecule has 3 aromatic carbocycles. The third-order valence-electron chi connectivity index (χ3n) is 8.63. The average Bonchev–Trinajstić information content (AvgIpc) is 3.89. The lowest BCUT2D eigenvalue weighted by Gasteiger charge is -2.33. The maximum absolute atomic E-state index is 14.5. The molecule has 1 aliphatic carbocycles. The van der Waals surface area contributed by atoms with Gasteiger partial charge in [-0.1, -0.05) is 23.7 Å². The van der Waals surface area contributed by atoms with Gasteiger partial charge in [0, 0.05) is 47.9 Å². The third-order valence-corrected chi connectivity index (χ3v) is 8.99. The van der Waals surface area contributed by atoms with E-state index in [1.807, 2.05) is 0 Å². The number of amides is 2. The summed E-state index contributed by atoms with van der Waals surface area (Å²) in [4.78, 5) is 45.3. The molecular formula is C36H35ClF3N3O11. The van der Waals surface area contributed by atoms with Crippen molar-refractivity contribution in [3.8, 4) is 23.0 Å². The summed E-state index contributed by atoms with van der Waals surface area (Å²) in [7, 11) is 0. The summed E-state index contributed by atoms with van der Waals surface area (Å²) in [6.45, 7) is -0.297. The Balaban J connectivity index is 1.15. The van der Waals surface area contributed by atoms with Crippen LogP contribution in [0.1, 0.15) is 30.4 Å². The van der Waals surface area contributed by atoms with Crippen molar-refractivity contribution < 1.29 is 61.1 Å². The molecule has 0 atom stereocenters. The molecule has 6 rings (SSSR count). The third kappa shape index (κ3) is 9.76. The molecule has 0 unspecified atom stereocenters. The highest BCUT2D eigenvalue weighted by molar-refractivity contribution is 6.31. The van der Waals surface area contributed by atoms with Crippen LogP contribution in [0.4, 0.5) is 18.0 Å². The monoisotopic (exact) mass is 777 g/mol. The predicted molar refractivity (Wildman–Crippen MR) is 183 cm³/mol. The number of carbonyl (C=O) groups excluding carboxylic acids is 2. The maximum atomic E-state index is 14.5. The summed E-state index contributed by atoms with van der Waals surface area (Å²) >= 11 is 6.60. The predicted octanol–water partition coefficient (Wildman–Crippen LogP) is 5.96. The van der Waals surface area contributed by atoms with E-state index in [0.29, 0.717) is 57.5 Å². The van der Waals surface area contributed by atoms with Crippen LogP contribution in [0.25, 0.3) is 5.57 Å². The van der Waals surface area contributed by atoms with Crippen molar-refractivity contribution in [2.75, 3.05) is 59.5 Å². The van der Waals surface area contributed by atoms with Gasteiger partial charge in [0.1, 0.15) is 38.0 Å². The van der Waals surface area contributed by atoms with Crippen LogP contribution in [-0.2, 0) is 25.7 Å². The minimum atomic E-state index is -1.17. The quantitative estimate of drug-likeness (QED) is 0.0909. The van der Waals surface area contributed by atoms with Crippen LogP contribution in [0.15, 0.2) is 54.1 Å². The molecular weight excluding hydrogens is 743 g/mol. The normalized spacial score (nSPS) is 14.9. The van der Waals surface area contributed by atoms with Crippen LogP contribution in [0.3, 0.4) is 0 Å². The molecule has 0 bridgehead atoms. The largest absolute Gasteiger partial charge is 0.490 e. The number of halogens is 4. The molecule has 54 heavy (non-hydrogen) atoms. The summed E-state index contributed by atoms with van der Waals surface area (Å²) in [5.74, 6) is -2.90. The molecule has 1 fully saturated rings. The Hall–Kier alpha value is -5.42. The standard InChI is InChI=1S/C36H35ClF3N3O11/c37-29-18-33-32(52-21-53-33)15-23(29)19-42(25-3-4-25)35(44)28-20-41(36(45)51-11-9-48-10-14-54-43(46)47)8-7-27(28)22-1-5-26(6-2-22)49-12-13-50-34-30(39)16-24(38)17-31(34)40/h1-2,5-6,15-18,25H,3-4,7-14,19-21H2. The van der Waals surface area contributed by atoms with Crippen LogP contribution >= 0.6 is 11.6 Å². The van der Waals surface area contributed by atoms with Gasteiger partial charge in [0.25, 0.3) is 11.0 Å². The molecule has 2 aliphatic heterocycles. The van der Waals surface area contributed by atoms with Crippen molar-refractivity contribution in [2.45, 2.75) is 31.8 Å². The van der Waals surface area contributed by atoms with E-state index >= 15 is 0 Å². The molecule has 0 saturated heterocycles. The molecule has 0 aromatic heterocycles. The van der Waals surface area contributed by atoms with Crippen LogP contribution in [0.2, 0.25) is 5.02 Å². The first-order valence-corrected chi connectivity index (χ1v) is 17.3. The molecule has 1 saturated carbocycles. The number of hydrogen-bond acceptors (Lipinski definition) is 11. The van der Waals surface area contributed by atoms with Gasteiger partial charge in [-0.05, 0) is 54.2 Å². The fourth-order valence-corrected chi connectivity index (χ4v) is 6.11. The Kier molecular flexibility index (Phi) is 12.5. The van der Waals surface area contributed by atoms with E-state index in [9.17, 15) is 32.9 Å². The smallest absolute Gasteiger partial charge is 0.410 e. The van der Waals surface area contributed by atoms with Crippen molar-refractivity contribution in [3.05, 3.63) is 97.8 Å². The lowest BCUT2D eigenvalue weighted by atomic mass is 9.92. The number of carbonyl (C=O) groups is 2. The minimum absolute atomic E-state index is 0.0140. The number of hydrogen-bond donors (Lipinski definition) is 0. The van der Waals surface area contributed by atoms with Gasteiger partial charge in [-0.15, -0.1) is 10.1 Å². The van der Waals surface area contributed by atoms with Crippen molar-refractivity contribution >= 4 is 29.2 Å². The Bertz CT molecular complexity index is 1870. The zero-order valence-electron chi connectivity index (χ0n) is 28.7. The van der Waals surface area contributed by atoms with E-state index in [1.165, 1.54) is 4.90 Å². The zero-order valence-corrected chi connectivity index (χ0v) is 29.5. The van der Waals surface area contributed by atoms with E-state index < -0.39 is 34.4 Å². The fourth-order valence-electron chi connectivity index (χ4n) is 5.90. The topological polar surface area (TPSA) is 148 Å². The molecule has 0 radical (unpaired) electrons. The average molecular weight is 778 g/mol. The highest BCUT2D eigenvalue weighted by Crippen LogP contribution is 2.40. The summed E-state index contributed by atoms with van der Waals surface area (Å²) in [6.07, 6.45) is 1.25. The van der Waals surface area contributed by atoms with Crippen molar-refractivity contribution in [2.24, 2.45) is 0 Å². The minimum Gasteiger partial charge on any atom is -0.490 e. The first kappa shape index (κ1) is 38.3. The van der Waals surface area contributed by atoms with Crippen LogP contribution in [0.5, 0.6) is 23.0 Å². The van der Waals surface area contributed by atoms with Crippen LogP contribution in [0, 0.1) is 27.6 Å². The first-order valence-electron chi connectivity index (χ1n) is 17.0. The Labute approximate surface area is 311 Å². The Morgan fingerprint density at radius 1 is 0.926 bits per heavy atom. The van der Waals surface area contributed by atoms with Gasteiger partial charge in [-0.3, -0.25) is 4.79 Å². The molecule has 3 aromatic rings.